The van der Waals surface area contributed by atoms with Crippen molar-refractivity contribution in [2.24, 2.45) is 0 Å². The third kappa shape index (κ3) is 4.83. The number of para-hydroxylation sites is 1. The summed E-state index contributed by atoms with van der Waals surface area (Å²) in [5.74, 6) is 0.370. The van der Waals surface area contributed by atoms with Gasteiger partial charge in [-0.3, -0.25) is 19.8 Å². The van der Waals surface area contributed by atoms with Gasteiger partial charge < -0.3 is 4.74 Å². The fourth-order valence-corrected chi connectivity index (χ4v) is 4.44. The molecule has 0 atom stereocenters. The summed E-state index contributed by atoms with van der Waals surface area (Å²) in [6.45, 7) is 0.231. The third-order valence-corrected chi connectivity index (χ3v) is 6.18. The highest BCUT2D eigenvalue weighted by Crippen LogP contribution is 2.37. The molecule has 0 aromatic heterocycles. The van der Waals surface area contributed by atoms with Crippen molar-refractivity contribution in [3.05, 3.63) is 104 Å². The Balaban J connectivity index is 1.53. The van der Waals surface area contributed by atoms with Crippen molar-refractivity contribution in [2.75, 3.05) is 4.90 Å². The Bertz CT molecular complexity index is 1230. The lowest BCUT2D eigenvalue weighted by Gasteiger charge is -2.14. The van der Waals surface area contributed by atoms with E-state index in [9.17, 15) is 14.9 Å². The predicted molar refractivity (Wildman–Crippen MR) is 131 cm³/mol. The van der Waals surface area contributed by atoms with E-state index in [2.05, 4.69) is 0 Å². The van der Waals surface area contributed by atoms with E-state index < -0.39 is 4.92 Å². The monoisotopic (exact) mass is 482 g/mol. The molecule has 0 spiro atoms. The van der Waals surface area contributed by atoms with Gasteiger partial charge >= 0.3 is 0 Å². The SMILES string of the molecule is O=C1C(=Cc2ccccc2OCc2ccc([N+](=O)[O-])cc2)SC(=S)N1c1ccc(Cl)cc1. The van der Waals surface area contributed by atoms with Gasteiger partial charge in [0.25, 0.3) is 11.6 Å². The fourth-order valence-electron chi connectivity index (χ4n) is 3.03. The molecule has 1 saturated heterocycles. The molecule has 0 aliphatic carbocycles. The largest absolute Gasteiger partial charge is 0.488 e. The van der Waals surface area contributed by atoms with E-state index in [1.807, 2.05) is 18.2 Å². The summed E-state index contributed by atoms with van der Waals surface area (Å²) in [6.07, 6.45) is 1.75. The average Bonchev–Trinajstić information content (AvgIpc) is 3.07. The van der Waals surface area contributed by atoms with Gasteiger partial charge in [-0.1, -0.05) is 53.8 Å². The van der Waals surface area contributed by atoms with Crippen LogP contribution in [0.3, 0.4) is 0 Å². The summed E-state index contributed by atoms with van der Waals surface area (Å²) in [6, 6.07) is 20.4. The van der Waals surface area contributed by atoms with Gasteiger partial charge in [-0.05, 0) is 54.1 Å². The second kappa shape index (κ2) is 9.52. The molecule has 1 amide bonds. The molecule has 1 fully saturated rings. The zero-order valence-electron chi connectivity index (χ0n) is 16.4. The molecule has 0 unspecified atom stereocenters. The molecule has 160 valence electrons. The zero-order chi connectivity index (χ0) is 22.7. The molecule has 1 heterocycles. The standard InChI is InChI=1S/C23H15ClN2O4S2/c24-17-7-11-18(12-8-17)25-22(27)21(32-23(25)31)13-16-3-1-2-4-20(16)30-14-15-5-9-19(10-6-15)26(28)29/h1-13H,14H2. The van der Waals surface area contributed by atoms with Crippen LogP contribution >= 0.6 is 35.6 Å². The van der Waals surface area contributed by atoms with Gasteiger partial charge in [-0.15, -0.1) is 0 Å². The fraction of sp³-hybridized carbons (Fsp3) is 0.0435. The number of non-ortho nitro benzene ring substituents is 1. The van der Waals surface area contributed by atoms with E-state index in [1.54, 1.807) is 48.5 Å². The maximum Gasteiger partial charge on any atom is 0.270 e. The minimum absolute atomic E-state index is 0.0249. The van der Waals surface area contributed by atoms with Gasteiger partial charge in [-0.2, -0.15) is 0 Å². The Morgan fingerprint density at radius 2 is 1.75 bits per heavy atom. The smallest absolute Gasteiger partial charge is 0.270 e. The number of hydrogen-bond donors (Lipinski definition) is 0. The topological polar surface area (TPSA) is 72.7 Å². The van der Waals surface area contributed by atoms with E-state index in [4.69, 9.17) is 28.6 Å². The van der Waals surface area contributed by atoms with Crippen LogP contribution in [0.2, 0.25) is 5.02 Å². The highest BCUT2D eigenvalue weighted by Gasteiger charge is 2.33. The van der Waals surface area contributed by atoms with E-state index in [0.717, 1.165) is 11.1 Å². The van der Waals surface area contributed by atoms with Crippen molar-refractivity contribution >= 4 is 63.3 Å². The molecule has 9 heteroatoms. The minimum Gasteiger partial charge on any atom is -0.488 e. The van der Waals surface area contributed by atoms with Crippen LogP contribution < -0.4 is 9.64 Å². The number of amides is 1. The van der Waals surface area contributed by atoms with Gasteiger partial charge in [0.15, 0.2) is 4.32 Å². The number of thiocarbonyl (C=S) groups is 1. The van der Waals surface area contributed by atoms with Crippen molar-refractivity contribution in [3.63, 3.8) is 0 Å². The molecule has 0 bridgehead atoms. The van der Waals surface area contributed by atoms with Crippen LogP contribution in [0, 0.1) is 10.1 Å². The molecule has 4 rings (SSSR count). The van der Waals surface area contributed by atoms with Gasteiger partial charge in [0.1, 0.15) is 12.4 Å². The average molecular weight is 483 g/mol. The number of halogens is 1. The minimum atomic E-state index is -0.444. The molecule has 1 aliphatic heterocycles. The lowest BCUT2D eigenvalue weighted by Crippen LogP contribution is -2.27. The number of rotatable bonds is 6. The number of thioether (sulfide) groups is 1. The number of ether oxygens (including phenoxy) is 1. The predicted octanol–water partition coefficient (Wildman–Crippen LogP) is 6.23. The Morgan fingerprint density at radius 1 is 1.06 bits per heavy atom. The Kier molecular flexibility index (Phi) is 6.55. The zero-order valence-corrected chi connectivity index (χ0v) is 18.8. The number of anilines is 1. The number of nitro groups is 1. The lowest BCUT2D eigenvalue weighted by molar-refractivity contribution is -0.384. The molecule has 0 radical (unpaired) electrons. The van der Waals surface area contributed by atoms with Gasteiger partial charge in [0, 0.05) is 22.7 Å². The molecular weight excluding hydrogens is 468 g/mol. The normalized spacial score (nSPS) is 14.8. The molecule has 6 nitrogen and oxygen atoms in total. The van der Waals surface area contributed by atoms with Crippen molar-refractivity contribution in [2.45, 2.75) is 6.61 Å². The number of hydrogen-bond acceptors (Lipinski definition) is 6. The van der Waals surface area contributed by atoms with E-state index in [1.165, 1.54) is 28.8 Å². The summed E-state index contributed by atoms with van der Waals surface area (Å²) < 4.78 is 6.36. The van der Waals surface area contributed by atoms with E-state index >= 15 is 0 Å². The number of nitrogens with zero attached hydrogens (tertiary/aromatic N) is 2. The maximum atomic E-state index is 13.0. The number of carbonyl (C=O) groups is 1. The van der Waals surface area contributed by atoms with Crippen LogP contribution in [0.4, 0.5) is 11.4 Å². The van der Waals surface area contributed by atoms with Gasteiger partial charge in [0.05, 0.1) is 15.5 Å². The number of carbonyl (C=O) groups excluding carboxylic acids is 1. The first-order chi connectivity index (χ1) is 15.4. The van der Waals surface area contributed by atoms with Gasteiger partial charge in [-0.25, -0.2) is 0 Å². The Labute approximate surface area is 198 Å². The van der Waals surface area contributed by atoms with Crippen LogP contribution in [-0.4, -0.2) is 15.2 Å². The molecule has 1 aliphatic rings. The highest BCUT2D eigenvalue weighted by atomic mass is 35.5. The second-order valence-electron chi connectivity index (χ2n) is 6.74. The first-order valence-electron chi connectivity index (χ1n) is 9.41. The second-order valence-corrected chi connectivity index (χ2v) is 8.86. The van der Waals surface area contributed by atoms with E-state index in [-0.39, 0.29) is 18.2 Å². The first kappa shape index (κ1) is 22.0. The maximum absolute atomic E-state index is 13.0. The van der Waals surface area contributed by atoms with Crippen molar-refractivity contribution < 1.29 is 14.5 Å². The van der Waals surface area contributed by atoms with Gasteiger partial charge in [0.2, 0.25) is 0 Å². The Morgan fingerprint density at radius 3 is 2.44 bits per heavy atom. The molecule has 3 aromatic carbocycles. The quantitative estimate of drug-likeness (QED) is 0.179. The molecular formula is C23H15ClN2O4S2. The molecule has 32 heavy (non-hydrogen) atoms. The van der Waals surface area contributed by atoms with Crippen molar-refractivity contribution in [3.8, 4) is 5.75 Å². The molecule has 0 N–H and O–H groups in total. The van der Waals surface area contributed by atoms with Crippen LogP contribution in [0.15, 0.2) is 77.7 Å². The van der Waals surface area contributed by atoms with Crippen molar-refractivity contribution in [1.29, 1.82) is 0 Å². The lowest BCUT2D eigenvalue weighted by atomic mass is 10.1. The third-order valence-electron chi connectivity index (χ3n) is 4.63. The Hall–Kier alpha value is -3.20. The summed E-state index contributed by atoms with van der Waals surface area (Å²) in [4.78, 5) is 25.3. The van der Waals surface area contributed by atoms with Crippen LogP contribution in [0.1, 0.15) is 11.1 Å². The summed E-state index contributed by atoms with van der Waals surface area (Å²) in [5.41, 5.74) is 2.20. The first-order valence-corrected chi connectivity index (χ1v) is 11.0. The van der Waals surface area contributed by atoms with Crippen LogP contribution in [-0.2, 0) is 11.4 Å². The molecule has 0 saturated carbocycles. The van der Waals surface area contributed by atoms with Crippen molar-refractivity contribution in [1.82, 2.24) is 0 Å². The van der Waals surface area contributed by atoms with Crippen LogP contribution in [0.25, 0.3) is 6.08 Å². The summed E-state index contributed by atoms with van der Waals surface area (Å²) >= 11 is 12.6. The number of nitro benzene ring substituents is 1. The van der Waals surface area contributed by atoms with Crippen LogP contribution in [0.5, 0.6) is 5.75 Å². The molecule has 3 aromatic rings. The number of benzene rings is 3. The van der Waals surface area contributed by atoms with E-state index in [0.29, 0.717) is 25.7 Å². The summed E-state index contributed by atoms with van der Waals surface area (Å²) in [7, 11) is 0. The highest BCUT2D eigenvalue weighted by molar-refractivity contribution is 8.27. The summed E-state index contributed by atoms with van der Waals surface area (Å²) in [5, 5.41) is 11.4.